The second-order valence-electron chi connectivity index (χ2n) is 6.27. The molecule has 0 N–H and O–H groups in total. The summed E-state index contributed by atoms with van der Waals surface area (Å²) in [6.45, 7) is 4.30. The van der Waals surface area contributed by atoms with Crippen molar-refractivity contribution in [3.63, 3.8) is 0 Å². The highest BCUT2D eigenvalue weighted by atomic mass is 32.2. The molecule has 1 saturated heterocycles. The van der Waals surface area contributed by atoms with E-state index < -0.39 is 14.9 Å². The van der Waals surface area contributed by atoms with Gasteiger partial charge in [0, 0.05) is 38.3 Å². The van der Waals surface area contributed by atoms with Gasteiger partial charge in [-0.05, 0) is 32.0 Å². The Morgan fingerprint density at radius 1 is 1.11 bits per heavy atom. The van der Waals surface area contributed by atoms with Crippen molar-refractivity contribution in [3.8, 4) is 0 Å². The summed E-state index contributed by atoms with van der Waals surface area (Å²) in [7, 11) is -3.77. The summed E-state index contributed by atoms with van der Waals surface area (Å²) in [4.78, 5) is 24.3. The molecule has 1 aromatic carbocycles. The molecule has 0 spiro atoms. The summed E-state index contributed by atoms with van der Waals surface area (Å²) in [6.07, 6.45) is 0. The highest BCUT2D eigenvalue weighted by molar-refractivity contribution is 7.89. The number of carbonyl (C=O) groups excluding carboxylic acids is 1. The molecule has 2 heterocycles. The van der Waals surface area contributed by atoms with E-state index in [0.717, 1.165) is 12.1 Å². The Bertz CT molecular complexity index is 973. The standard InChI is InChI=1S/C17H19N3O6S/c1-12-11-16(13(2)26-12)17(21)18-7-9-19(10-8-18)27(24,25)15-5-3-14(4-6-15)20(22)23/h3-6,11H,7-10H2,1-2H3. The molecule has 1 amide bonds. The van der Waals surface area contributed by atoms with E-state index in [4.69, 9.17) is 4.42 Å². The van der Waals surface area contributed by atoms with Crippen molar-refractivity contribution < 1.29 is 22.6 Å². The molecule has 0 atom stereocenters. The number of aryl methyl sites for hydroxylation is 2. The molecule has 10 heteroatoms. The molecule has 3 rings (SSSR count). The zero-order valence-electron chi connectivity index (χ0n) is 14.9. The first-order chi connectivity index (χ1) is 12.7. The molecular formula is C17H19N3O6S. The first kappa shape index (κ1) is 19.1. The van der Waals surface area contributed by atoms with E-state index in [1.807, 2.05) is 0 Å². The van der Waals surface area contributed by atoms with Gasteiger partial charge in [0.25, 0.3) is 11.6 Å². The number of amides is 1. The molecule has 1 aromatic heterocycles. The van der Waals surface area contributed by atoms with Crippen LogP contribution < -0.4 is 0 Å². The number of hydrogen-bond acceptors (Lipinski definition) is 6. The van der Waals surface area contributed by atoms with Gasteiger partial charge in [-0.15, -0.1) is 0 Å². The Hall–Kier alpha value is -2.72. The summed E-state index contributed by atoms with van der Waals surface area (Å²) in [5, 5.41) is 10.7. The number of sulfonamides is 1. The lowest BCUT2D eigenvalue weighted by atomic mass is 10.2. The van der Waals surface area contributed by atoms with Crippen molar-refractivity contribution in [2.24, 2.45) is 0 Å². The van der Waals surface area contributed by atoms with E-state index in [0.29, 0.717) is 17.1 Å². The Morgan fingerprint density at radius 3 is 2.19 bits per heavy atom. The lowest BCUT2D eigenvalue weighted by Gasteiger charge is -2.33. The monoisotopic (exact) mass is 393 g/mol. The number of furan rings is 1. The molecule has 144 valence electrons. The van der Waals surface area contributed by atoms with Crippen molar-refractivity contribution >= 4 is 21.6 Å². The van der Waals surface area contributed by atoms with Crippen LogP contribution in [0.25, 0.3) is 0 Å². The van der Waals surface area contributed by atoms with E-state index in [2.05, 4.69) is 0 Å². The zero-order chi connectivity index (χ0) is 19.8. The van der Waals surface area contributed by atoms with Crippen LogP contribution >= 0.6 is 0 Å². The van der Waals surface area contributed by atoms with Crippen LogP contribution in [0.1, 0.15) is 21.9 Å². The summed E-state index contributed by atoms with van der Waals surface area (Å²) < 4.78 is 32.1. The fraction of sp³-hybridized carbons (Fsp3) is 0.353. The number of non-ortho nitro benzene ring substituents is 1. The van der Waals surface area contributed by atoms with Crippen LogP contribution in [0.3, 0.4) is 0 Å². The fourth-order valence-electron chi connectivity index (χ4n) is 3.03. The second kappa shape index (κ2) is 7.12. The number of nitro groups is 1. The first-order valence-corrected chi connectivity index (χ1v) is 9.75. The van der Waals surface area contributed by atoms with E-state index in [9.17, 15) is 23.3 Å². The van der Waals surface area contributed by atoms with Gasteiger partial charge in [-0.1, -0.05) is 0 Å². The third-order valence-electron chi connectivity index (χ3n) is 4.48. The number of piperazine rings is 1. The maximum Gasteiger partial charge on any atom is 0.269 e. The molecule has 0 unspecified atom stereocenters. The average molecular weight is 393 g/mol. The number of nitro benzene ring substituents is 1. The normalized spacial score (nSPS) is 15.7. The molecule has 0 bridgehead atoms. The van der Waals surface area contributed by atoms with Gasteiger partial charge in [0.1, 0.15) is 11.5 Å². The summed E-state index contributed by atoms with van der Waals surface area (Å²) in [5.74, 6) is 1.00. The Labute approximate surface area is 156 Å². The smallest absolute Gasteiger partial charge is 0.269 e. The van der Waals surface area contributed by atoms with Crippen LogP contribution in [0.5, 0.6) is 0 Å². The molecular weight excluding hydrogens is 374 g/mol. The topological polar surface area (TPSA) is 114 Å². The predicted molar refractivity (Wildman–Crippen MR) is 95.9 cm³/mol. The minimum absolute atomic E-state index is 0.00539. The van der Waals surface area contributed by atoms with Crippen LogP contribution in [0.4, 0.5) is 5.69 Å². The van der Waals surface area contributed by atoms with Crippen molar-refractivity contribution in [3.05, 3.63) is 57.5 Å². The highest BCUT2D eigenvalue weighted by Gasteiger charge is 2.31. The number of benzene rings is 1. The van der Waals surface area contributed by atoms with Gasteiger partial charge in [0.15, 0.2) is 0 Å². The Kier molecular flexibility index (Phi) is 5.03. The molecule has 0 saturated carbocycles. The van der Waals surface area contributed by atoms with Crippen molar-refractivity contribution in [1.29, 1.82) is 0 Å². The van der Waals surface area contributed by atoms with Crippen LogP contribution in [-0.2, 0) is 10.0 Å². The van der Waals surface area contributed by atoms with E-state index in [1.54, 1.807) is 24.8 Å². The lowest BCUT2D eigenvalue weighted by Crippen LogP contribution is -2.50. The minimum atomic E-state index is -3.77. The van der Waals surface area contributed by atoms with Gasteiger partial charge >= 0.3 is 0 Å². The summed E-state index contributed by atoms with van der Waals surface area (Å²) in [6, 6.07) is 6.45. The number of hydrogen-bond donors (Lipinski definition) is 0. The second-order valence-corrected chi connectivity index (χ2v) is 8.21. The first-order valence-electron chi connectivity index (χ1n) is 8.31. The van der Waals surface area contributed by atoms with Gasteiger partial charge in [0.05, 0.1) is 15.4 Å². The van der Waals surface area contributed by atoms with Gasteiger partial charge in [-0.25, -0.2) is 8.42 Å². The average Bonchev–Trinajstić information content (AvgIpc) is 2.99. The van der Waals surface area contributed by atoms with Crippen LogP contribution in [0.15, 0.2) is 39.6 Å². The van der Waals surface area contributed by atoms with E-state index >= 15 is 0 Å². The predicted octanol–water partition coefficient (Wildman–Crippen LogP) is 1.95. The number of rotatable bonds is 4. The number of carbonyl (C=O) groups is 1. The van der Waals surface area contributed by atoms with Crippen molar-refractivity contribution in [1.82, 2.24) is 9.21 Å². The molecule has 1 aliphatic heterocycles. The molecule has 9 nitrogen and oxygen atoms in total. The van der Waals surface area contributed by atoms with Crippen molar-refractivity contribution in [2.75, 3.05) is 26.2 Å². The third-order valence-corrected chi connectivity index (χ3v) is 6.40. The molecule has 27 heavy (non-hydrogen) atoms. The zero-order valence-corrected chi connectivity index (χ0v) is 15.7. The maximum atomic E-state index is 12.7. The van der Waals surface area contributed by atoms with Crippen LogP contribution in [0.2, 0.25) is 0 Å². The summed E-state index contributed by atoms with van der Waals surface area (Å²) >= 11 is 0. The van der Waals surface area contributed by atoms with E-state index in [1.165, 1.54) is 16.4 Å². The number of nitrogens with zero attached hydrogens (tertiary/aromatic N) is 3. The van der Waals surface area contributed by atoms with Gasteiger partial charge in [0.2, 0.25) is 10.0 Å². The van der Waals surface area contributed by atoms with Crippen LogP contribution in [-0.4, -0.2) is 54.6 Å². The SMILES string of the molecule is Cc1cc(C(=O)N2CCN(S(=O)(=O)c3ccc([N+](=O)[O-])cc3)CC2)c(C)o1. The molecule has 2 aromatic rings. The molecule has 1 aliphatic rings. The van der Waals surface area contributed by atoms with Crippen LogP contribution in [0, 0.1) is 24.0 Å². The highest BCUT2D eigenvalue weighted by Crippen LogP contribution is 2.22. The molecule has 0 aliphatic carbocycles. The third kappa shape index (κ3) is 3.71. The fourth-order valence-corrected chi connectivity index (χ4v) is 4.46. The van der Waals surface area contributed by atoms with E-state index in [-0.39, 0.29) is 42.7 Å². The largest absolute Gasteiger partial charge is 0.466 e. The van der Waals surface area contributed by atoms with Gasteiger partial charge in [-0.2, -0.15) is 4.31 Å². The van der Waals surface area contributed by atoms with Gasteiger partial charge < -0.3 is 9.32 Å². The lowest BCUT2D eigenvalue weighted by molar-refractivity contribution is -0.384. The quantitative estimate of drug-likeness (QED) is 0.579. The maximum absolute atomic E-state index is 12.7. The minimum Gasteiger partial charge on any atom is -0.466 e. The van der Waals surface area contributed by atoms with Gasteiger partial charge in [-0.3, -0.25) is 14.9 Å². The molecule has 1 fully saturated rings. The Morgan fingerprint density at radius 2 is 1.70 bits per heavy atom. The van der Waals surface area contributed by atoms with Crippen molar-refractivity contribution in [2.45, 2.75) is 18.7 Å². The summed E-state index contributed by atoms with van der Waals surface area (Å²) in [5.41, 5.74) is 0.314. The molecule has 0 radical (unpaired) electrons. The Balaban J connectivity index is 1.70.